The molecule has 1 aromatic carbocycles. The molecule has 0 amide bonds. The van der Waals surface area contributed by atoms with Crippen LogP contribution in [0.3, 0.4) is 0 Å². The van der Waals surface area contributed by atoms with Gasteiger partial charge in [0.15, 0.2) is 11.3 Å². The van der Waals surface area contributed by atoms with Crippen molar-refractivity contribution in [2.45, 2.75) is 64.7 Å². The third-order valence-corrected chi connectivity index (χ3v) is 7.80. The van der Waals surface area contributed by atoms with Gasteiger partial charge in [-0.1, -0.05) is 54.5 Å². The molecular weight excluding hydrogens is 424 g/mol. The smallest absolute Gasteiger partial charge is 0.231 e. The van der Waals surface area contributed by atoms with E-state index in [0.717, 1.165) is 33.2 Å². The number of hydrogen-bond donors (Lipinski definition) is 0. The molecule has 0 radical (unpaired) electrons. The normalized spacial score (nSPS) is 16.5. The minimum Gasteiger partial charge on any atom is -0.438 e. The molecule has 1 aliphatic carbocycles. The van der Waals surface area contributed by atoms with Crippen LogP contribution in [0.2, 0.25) is 0 Å². The van der Waals surface area contributed by atoms with Crippen molar-refractivity contribution >= 4 is 33.2 Å². The number of rotatable bonds is 0. The van der Waals surface area contributed by atoms with Crippen LogP contribution in [0.25, 0.3) is 44.4 Å². The zero-order valence-corrected chi connectivity index (χ0v) is 20.5. The predicted octanol–water partition coefficient (Wildman–Crippen LogP) is 6.92. The van der Waals surface area contributed by atoms with Gasteiger partial charge in [0.2, 0.25) is 11.6 Å². The molecular formula is C28H26N4O2. The lowest BCUT2D eigenvalue weighted by molar-refractivity contribution is 0.300. The van der Waals surface area contributed by atoms with E-state index >= 15 is 0 Å². The molecule has 0 atom stereocenters. The Bertz CT molecular complexity index is 1700. The SMILES string of the molecule is CC(C)(C)c1nc2c(o1)c(C#N)nc1oc3ccc4c(c3c12)C(C)(C)C(C)(C)c1cccnc1-4. The van der Waals surface area contributed by atoms with E-state index in [1.807, 2.05) is 39.1 Å². The van der Waals surface area contributed by atoms with Crippen molar-refractivity contribution in [3.05, 3.63) is 53.2 Å². The third kappa shape index (κ3) is 2.42. The average molecular weight is 451 g/mol. The summed E-state index contributed by atoms with van der Waals surface area (Å²) in [6.45, 7) is 15.2. The molecule has 0 unspecified atom stereocenters. The number of oxazole rings is 1. The quantitative estimate of drug-likeness (QED) is 0.254. The maximum absolute atomic E-state index is 9.78. The molecule has 0 saturated heterocycles. The highest BCUT2D eigenvalue weighted by Crippen LogP contribution is 2.56. The fourth-order valence-corrected chi connectivity index (χ4v) is 5.30. The molecule has 4 aromatic heterocycles. The van der Waals surface area contributed by atoms with E-state index in [0.29, 0.717) is 22.7 Å². The standard InChI is InChI=1S/C28H26N4O2/c1-26(2,3)25-32-22-19-18-17(33-24(19)31-16(13-29)23(22)34-25)11-10-14-20(18)28(6,7)27(4,5)15-9-8-12-30-21(14)15/h8-12H,1-7H3. The van der Waals surface area contributed by atoms with Gasteiger partial charge in [-0.2, -0.15) is 10.2 Å². The molecule has 1 aliphatic rings. The van der Waals surface area contributed by atoms with Gasteiger partial charge in [-0.25, -0.2) is 4.98 Å². The van der Waals surface area contributed by atoms with Crippen LogP contribution < -0.4 is 0 Å². The highest BCUT2D eigenvalue weighted by atomic mass is 16.4. The Morgan fingerprint density at radius 1 is 0.941 bits per heavy atom. The molecule has 0 spiro atoms. The first-order valence-corrected chi connectivity index (χ1v) is 11.5. The lowest BCUT2D eigenvalue weighted by atomic mass is 9.55. The van der Waals surface area contributed by atoms with E-state index in [9.17, 15) is 5.26 Å². The lowest BCUT2D eigenvalue weighted by Gasteiger charge is -2.48. The van der Waals surface area contributed by atoms with E-state index in [2.05, 4.69) is 50.9 Å². The number of hydrogen-bond acceptors (Lipinski definition) is 6. The number of fused-ring (bicyclic) bond motifs is 9. The second kappa shape index (κ2) is 6.24. The Labute approximate surface area is 197 Å². The first kappa shape index (κ1) is 20.9. The summed E-state index contributed by atoms with van der Waals surface area (Å²) in [5, 5.41) is 11.5. The van der Waals surface area contributed by atoms with E-state index in [4.69, 9.17) is 18.8 Å². The summed E-state index contributed by atoms with van der Waals surface area (Å²) in [6, 6.07) is 10.4. The molecule has 0 N–H and O–H groups in total. The Balaban J connectivity index is 1.86. The van der Waals surface area contributed by atoms with Gasteiger partial charge in [0, 0.05) is 33.4 Å². The number of furan rings is 1. The maximum Gasteiger partial charge on any atom is 0.231 e. The number of aromatic nitrogens is 3. The zero-order chi connectivity index (χ0) is 24.2. The number of benzene rings is 1. The van der Waals surface area contributed by atoms with Crippen LogP contribution in [0, 0.1) is 11.3 Å². The van der Waals surface area contributed by atoms with Gasteiger partial charge in [0.25, 0.3) is 0 Å². The summed E-state index contributed by atoms with van der Waals surface area (Å²) in [5.74, 6) is 0.569. The summed E-state index contributed by atoms with van der Waals surface area (Å²) in [6.07, 6.45) is 1.85. The first-order valence-electron chi connectivity index (χ1n) is 11.5. The van der Waals surface area contributed by atoms with Crippen LogP contribution in [-0.2, 0) is 16.2 Å². The van der Waals surface area contributed by atoms with Crippen LogP contribution in [0.5, 0.6) is 0 Å². The van der Waals surface area contributed by atoms with Gasteiger partial charge >= 0.3 is 0 Å². The minimum atomic E-state index is -0.318. The fraction of sp³-hybridized carbons (Fsp3) is 0.357. The highest BCUT2D eigenvalue weighted by molar-refractivity contribution is 6.18. The Hall–Kier alpha value is -3.72. The summed E-state index contributed by atoms with van der Waals surface area (Å²) in [4.78, 5) is 14.2. The van der Waals surface area contributed by atoms with E-state index < -0.39 is 0 Å². The molecule has 34 heavy (non-hydrogen) atoms. The van der Waals surface area contributed by atoms with E-state index in [1.54, 1.807) is 0 Å². The lowest BCUT2D eigenvalue weighted by Crippen LogP contribution is -2.43. The Kier molecular flexibility index (Phi) is 3.83. The predicted molar refractivity (Wildman–Crippen MR) is 132 cm³/mol. The average Bonchev–Trinajstić information content (AvgIpc) is 3.38. The first-order chi connectivity index (χ1) is 16.0. The Morgan fingerprint density at radius 2 is 1.71 bits per heavy atom. The minimum absolute atomic E-state index is 0.185. The van der Waals surface area contributed by atoms with Crippen LogP contribution in [0.1, 0.15) is 71.2 Å². The van der Waals surface area contributed by atoms with E-state index in [1.165, 1.54) is 5.56 Å². The number of nitriles is 1. The van der Waals surface area contributed by atoms with Crippen molar-refractivity contribution in [1.82, 2.24) is 15.0 Å². The topological polar surface area (TPSA) is 88.7 Å². The molecule has 0 aliphatic heterocycles. The summed E-state index contributed by atoms with van der Waals surface area (Å²) < 4.78 is 12.4. The van der Waals surface area contributed by atoms with E-state index in [-0.39, 0.29) is 21.9 Å². The van der Waals surface area contributed by atoms with Crippen LogP contribution in [0.15, 0.2) is 39.3 Å². The summed E-state index contributed by atoms with van der Waals surface area (Å²) >= 11 is 0. The van der Waals surface area contributed by atoms with Crippen LogP contribution in [0.4, 0.5) is 0 Å². The van der Waals surface area contributed by atoms with Gasteiger partial charge in [-0.15, -0.1) is 0 Å². The fourth-order valence-electron chi connectivity index (χ4n) is 5.30. The number of pyridine rings is 2. The highest BCUT2D eigenvalue weighted by Gasteiger charge is 2.48. The molecule has 170 valence electrons. The number of nitrogens with zero attached hydrogens (tertiary/aromatic N) is 4. The molecule has 0 fully saturated rings. The van der Waals surface area contributed by atoms with Crippen molar-refractivity contribution in [3.8, 4) is 17.3 Å². The van der Waals surface area contributed by atoms with Crippen molar-refractivity contribution in [3.63, 3.8) is 0 Å². The monoisotopic (exact) mass is 450 g/mol. The molecule has 6 nitrogen and oxygen atoms in total. The van der Waals surface area contributed by atoms with Crippen LogP contribution in [-0.4, -0.2) is 15.0 Å². The van der Waals surface area contributed by atoms with Crippen molar-refractivity contribution < 1.29 is 8.83 Å². The molecule has 0 bridgehead atoms. The maximum atomic E-state index is 9.78. The molecule has 5 aromatic rings. The van der Waals surface area contributed by atoms with Crippen LogP contribution >= 0.6 is 0 Å². The van der Waals surface area contributed by atoms with Gasteiger partial charge in [-0.3, -0.25) is 4.98 Å². The van der Waals surface area contributed by atoms with Gasteiger partial charge in [0.05, 0.1) is 11.1 Å². The summed E-state index contributed by atoms with van der Waals surface area (Å²) in [7, 11) is 0. The van der Waals surface area contributed by atoms with Gasteiger partial charge in [-0.05, 0) is 29.3 Å². The largest absolute Gasteiger partial charge is 0.438 e. The van der Waals surface area contributed by atoms with Crippen molar-refractivity contribution in [2.75, 3.05) is 0 Å². The van der Waals surface area contributed by atoms with Gasteiger partial charge < -0.3 is 8.83 Å². The summed E-state index contributed by atoms with van der Waals surface area (Å²) in [5.41, 5.74) is 6.05. The molecule has 6 rings (SSSR count). The molecule has 4 heterocycles. The molecule has 6 heteroatoms. The second-order valence-electron chi connectivity index (χ2n) is 11.3. The van der Waals surface area contributed by atoms with Crippen molar-refractivity contribution in [2.24, 2.45) is 0 Å². The Morgan fingerprint density at radius 3 is 2.41 bits per heavy atom. The van der Waals surface area contributed by atoms with Crippen molar-refractivity contribution in [1.29, 1.82) is 5.26 Å². The third-order valence-electron chi connectivity index (χ3n) is 7.80. The zero-order valence-electron chi connectivity index (χ0n) is 20.5. The molecule has 0 saturated carbocycles. The second-order valence-corrected chi connectivity index (χ2v) is 11.3. The van der Waals surface area contributed by atoms with Gasteiger partial charge in [0.1, 0.15) is 17.2 Å².